The van der Waals surface area contributed by atoms with Crippen molar-refractivity contribution >= 4 is 17.5 Å². The summed E-state index contributed by atoms with van der Waals surface area (Å²) in [6.07, 6.45) is 0.909. The third kappa shape index (κ3) is 3.18. The summed E-state index contributed by atoms with van der Waals surface area (Å²) in [7, 11) is 0. The molecule has 0 aliphatic rings. The molecule has 0 radical (unpaired) electrons. The van der Waals surface area contributed by atoms with E-state index in [1.54, 1.807) is 25.1 Å². The van der Waals surface area contributed by atoms with Gasteiger partial charge in [0.05, 0.1) is 5.56 Å². The van der Waals surface area contributed by atoms with Gasteiger partial charge in [0, 0.05) is 17.1 Å². The summed E-state index contributed by atoms with van der Waals surface area (Å²) >= 11 is 5.85. The Kier molecular flexibility index (Phi) is 4.27. The summed E-state index contributed by atoms with van der Waals surface area (Å²) < 4.78 is 5.64. The highest BCUT2D eigenvalue weighted by molar-refractivity contribution is 6.30. The number of amides is 1. The van der Waals surface area contributed by atoms with Crippen molar-refractivity contribution in [3.05, 3.63) is 46.7 Å². The second kappa shape index (κ2) is 5.93. The van der Waals surface area contributed by atoms with Crippen LogP contribution in [0.3, 0.4) is 0 Å². The number of rotatable bonds is 4. The van der Waals surface area contributed by atoms with Crippen molar-refractivity contribution < 1.29 is 9.21 Å². The first kappa shape index (κ1) is 13.7. The summed E-state index contributed by atoms with van der Waals surface area (Å²) in [6, 6.07) is 9.10. The van der Waals surface area contributed by atoms with E-state index in [1.807, 2.05) is 19.1 Å². The van der Waals surface area contributed by atoms with Gasteiger partial charge in [0.1, 0.15) is 11.5 Å². The minimum atomic E-state index is -0.0942. The van der Waals surface area contributed by atoms with Gasteiger partial charge >= 0.3 is 0 Å². The molecular formula is C15H16ClNO2. The molecule has 0 aliphatic carbocycles. The Bertz CT molecular complexity index is 572. The molecule has 100 valence electrons. The summed E-state index contributed by atoms with van der Waals surface area (Å²) in [5.41, 5.74) is 1.49. The van der Waals surface area contributed by atoms with Gasteiger partial charge in [-0.15, -0.1) is 0 Å². The molecule has 2 rings (SSSR count). The molecule has 2 aromatic rings. The molecule has 0 aliphatic heterocycles. The van der Waals surface area contributed by atoms with Crippen LogP contribution >= 0.6 is 11.6 Å². The van der Waals surface area contributed by atoms with Gasteiger partial charge in [-0.25, -0.2) is 0 Å². The molecule has 1 amide bonds. The van der Waals surface area contributed by atoms with Crippen molar-refractivity contribution in [1.29, 1.82) is 0 Å². The van der Waals surface area contributed by atoms with Crippen LogP contribution < -0.4 is 5.32 Å². The van der Waals surface area contributed by atoms with Crippen molar-refractivity contribution in [2.45, 2.75) is 20.3 Å². The molecule has 0 spiro atoms. The van der Waals surface area contributed by atoms with Crippen LogP contribution in [0.15, 0.2) is 34.7 Å². The second-order valence-electron chi connectivity index (χ2n) is 4.34. The Balaban J connectivity index is 2.25. The average molecular weight is 278 g/mol. The monoisotopic (exact) mass is 277 g/mol. The minimum absolute atomic E-state index is 0.0942. The molecule has 0 atom stereocenters. The van der Waals surface area contributed by atoms with Crippen LogP contribution in [0.1, 0.15) is 29.5 Å². The lowest BCUT2D eigenvalue weighted by molar-refractivity contribution is 0.0952. The molecule has 3 nitrogen and oxygen atoms in total. The summed E-state index contributed by atoms with van der Waals surface area (Å²) in [6.45, 7) is 4.47. The fraction of sp³-hybridized carbons (Fsp3) is 0.267. The predicted octanol–water partition coefficient (Wildman–Crippen LogP) is 4.05. The number of hydrogen-bond acceptors (Lipinski definition) is 2. The van der Waals surface area contributed by atoms with Crippen LogP contribution in [0.5, 0.6) is 0 Å². The van der Waals surface area contributed by atoms with Crippen molar-refractivity contribution in [3.63, 3.8) is 0 Å². The smallest absolute Gasteiger partial charge is 0.254 e. The Morgan fingerprint density at radius 3 is 2.63 bits per heavy atom. The molecular weight excluding hydrogens is 262 g/mol. The van der Waals surface area contributed by atoms with E-state index in [0.29, 0.717) is 28.7 Å². The maximum Gasteiger partial charge on any atom is 0.254 e. The van der Waals surface area contributed by atoms with E-state index in [2.05, 4.69) is 5.32 Å². The van der Waals surface area contributed by atoms with E-state index in [1.165, 1.54) is 0 Å². The second-order valence-corrected chi connectivity index (χ2v) is 4.78. The lowest BCUT2D eigenvalue weighted by Crippen LogP contribution is -2.24. The van der Waals surface area contributed by atoms with Crippen LogP contribution in [0.4, 0.5) is 0 Å². The van der Waals surface area contributed by atoms with Gasteiger partial charge < -0.3 is 9.73 Å². The highest BCUT2D eigenvalue weighted by Crippen LogP contribution is 2.26. The van der Waals surface area contributed by atoms with Gasteiger partial charge in [-0.05, 0) is 43.7 Å². The van der Waals surface area contributed by atoms with Crippen molar-refractivity contribution in [1.82, 2.24) is 5.32 Å². The fourth-order valence-electron chi connectivity index (χ4n) is 1.80. The van der Waals surface area contributed by atoms with E-state index in [4.69, 9.17) is 16.0 Å². The van der Waals surface area contributed by atoms with Gasteiger partial charge in [-0.3, -0.25) is 4.79 Å². The van der Waals surface area contributed by atoms with Crippen molar-refractivity contribution in [2.75, 3.05) is 6.54 Å². The zero-order valence-electron chi connectivity index (χ0n) is 11.0. The number of hydrogen-bond donors (Lipinski definition) is 1. The van der Waals surface area contributed by atoms with Crippen LogP contribution in [-0.2, 0) is 0 Å². The molecule has 19 heavy (non-hydrogen) atoms. The molecule has 4 heteroatoms. The largest absolute Gasteiger partial charge is 0.461 e. The van der Waals surface area contributed by atoms with Gasteiger partial charge in [0.15, 0.2) is 0 Å². The molecule has 0 fully saturated rings. The van der Waals surface area contributed by atoms with Crippen LogP contribution in [-0.4, -0.2) is 12.5 Å². The first-order valence-electron chi connectivity index (χ1n) is 6.26. The molecule has 1 N–H and O–H groups in total. The van der Waals surface area contributed by atoms with Crippen molar-refractivity contribution in [3.8, 4) is 11.3 Å². The van der Waals surface area contributed by atoms with Crippen LogP contribution in [0.25, 0.3) is 11.3 Å². The zero-order valence-corrected chi connectivity index (χ0v) is 11.8. The maximum absolute atomic E-state index is 11.9. The van der Waals surface area contributed by atoms with E-state index in [0.717, 1.165) is 12.0 Å². The molecule has 0 saturated heterocycles. The molecule has 1 aromatic carbocycles. The Morgan fingerprint density at radius 2 is 2.00 bits per heavy atom. The first-order chi connectivity index (χ1) is 9.11. The number of carbonyl (C=O) groups is 1. The van der Waals surface area contributed by atoms with E-state index >= 15 is 0 Å². The van der Waals surface area contributed by atoms with Gasteiger partial charge in [-0.1, -0.05) is 18.5 Å². The van der Waals surface area contributed by atoms with E-state index < -0.39 is 0 Å². The predicted molar refractivity (Wildman–Crippen MR) is 76.5 cm³/mol. The van der Waals surface area contributed by atoms with E-state index in [-0.39, 0.29) is 5.91 Å². The fourth-order valence-corrected chi connectivity index (χ4v) is 1.92. The Morgan fingerprint density at radius 1 is 1.32 bits per heavy atom. The lowest BCUT2D eigenvalue weighted by Gasteiger charge is -2.00. The number of furan rings is 1. The molecule has 0 unspecified atom stereocenters. The summed E-state index contributed by atoms with van der Waals surface area (Å²) in [5.74, 6) is 1.21. The summed E-state index contributed by atoms with van der Waals surface area (Å²) in [5, 5.41) is 3.52. The SMILES string of the molecule is CCCNC(=O)c1cc(-c2ccc(Cl)cc2)oc1C. The topological polar surface area (TPSA) is 42.2 Å². The number of halogens is 1. The van der Waals surface area contributed by atoms with E-state index in [9.17, 15) is 4.79 Å². The lowest BCUT2D eigenvalue weighted by atomic mass is 10.1. The van der Waals surface area contributed by atoms with Gasteiger partial charge in [0.25, 0.3) is 5.91 Å². The minimum Gasteiger partial charge on any atom is -0.461 e. The first-order valence-corrected chi connectivity index (χ1v) is 6.64. The molecule has 1 heterocycles. The third-order valence-electron chi connectivity index (χ3n) is 2.83. The number of carbonyl (C=O) groups excluding carboxylic acids is 1. The highest BCUT2D eigenvalue weighted by atomic mass is 35.5. The normalized spacial score (nSPS) is 10.5. The zero-order chi connectivity index (χ0) is 13.8. The maximum atomic E-state index is 11.9. The highest BCUT2D eigenvalue weighted by Gasteiger charge is 2.15. The average Bonchev–Trinajstić information content (AvgIpc) is 2.79. The Hall–Kier alpha value is -1.74. The summed E-state index contributed by atoms with van der Waals surface area (Å²) in [4.78, 5) is 11.9. The van der Waals surface area contributed by atoms with Crippen LogP contribution in [0, 0.1) is 6.92 Å². The van der Waals surface area contributed by atoms with Crippen LogP contribution in [0.2, 0.25) is 5.02 Å². The van der Waals surface area contributed by atoms with Gasteiger partial charge in [0.2, 0.25) is 0 Å². The quantitative estimate of drug-likeness (QED) is 0.916. The standard InChI is InChI=1S/C15H16ClNO2/c1-3-8-17-15(18)13-9-14(19-10(13)2)11-4-6-12(16)7-5-11/h4-7,9H,3,8H2,1-2H3,(H,17,18). The number of benzene rings is 1. The number of nitrogens with one attached hydrogen (secondary N) is 1. The molecule has 0 saturated carbocycles. The number of aryl methyl sites for hydroxylation is 1. The van der Waals surface area contributed by atoms with Crippen molar-refractivity contribution in [2.24, 2.45) is 0 Å². The van der Waals surface area contributed by atoms with Gasteiger partial charge in [-0.2, -0.15) is 0 Å². The Labute approximate surface area is 117 Å². The third-order valence-corrected chi connectivity index (χ3v) is 3.08. The molecule has 1 aromatic heterocycles. The molecule has 0 bridgehead atoms.